The number of benzene rings is 2. The van der Waals surface area contributed by atoms with E-state index < -0.39 is 0 Å². The smallest absolute Gasteiger partial charge is 0.150 e. The van der Waals surface area contributed by atoms with Crippen molar-refractivity contribution >= 4 is 18.0 Å². The zero-order valence-electron chi connectivity index (χ0n) is 11.5. The first kappa shape index (κ1) is 13.9. The Labute approximate surface area is 119 Å². The van der Waals surface area contributed by atoms with Crippen LogP contribution in [0.25, 0.3) is 0 Å². The molecule has 0 unspecified atom stereocenters. The summed E-state index contributed by atoms with van der Waals surface area (Å²) in [6.45, 7) is 6.36. The van der Waals surface area contributed by atoms with Crippen molar-refractivity contribution in [1.29, 1.82) is 0 Å². The lowest BCUT2D eigenvalue weighted by molar-refractivity contribution is 0.112. The Kier molecular flexibility index (Phi) is 4.43. The topological polar surface area (TPSA) is 17.1 Å². The van der Waals surface area contributed by atoms with Gasteiger partial charge in [-0.3, -0.25) is 4.79 Å². The second-order valence-corrected chi connectivity index (χ2v) is 6.11. The maximum absolute atomic E-state index is 10.8. The first-order valence-electron chi connectivity index (χ1n) is 6.44. The molecule has 0 spiro atoms. The standard InChI is InChI=1S/C17H18OS/c1-12(2)14-4-7-16(8-5-14)19-17-9-6-15(11-18)13(3)10-17/h4-12H,1-3H3. The van der Waals surface area contributed by atoms with Gasteiger partial charge in [0.1, 0.15) is 6.29 Å². The van der Waals surface area contributed by atoms with E-state index in [1.807, 2.05) is 19.1 Å². The molecule has 0 fully saturated rings. The van der Waals surface area contributed by atoms with Crippen LogP contribution >= 0.6 is 11.8 Å². The summed E-state index contributed by atoms with van der Waals surface area (Å²) in [4.78, 5) is 13.2. The van der Waals surface area contributed by atoms with Gasteiger partial charge in [0.25, 0.3) is 0 Å². The number of hydrogen-bond donors (Lipinski definition) is 0. The van der Waals surface area contributed by atoms with Gasteiger partial charge < -0.3 is 0 Å². The molecule has 0 N–H and O–H groups in total. The molecule has 0 amide bonds. The summed E-state index contributed by atoms with van der Waals surface area (Å²) in [7, 11) is 0. The lowest BCUT2D eigenvalue weighted by Gasteiger charge is -2.07. The summed E-state index contributed by atoms with van der Waals surface area (Å²) in [5.41, 5.74) is 3.15. The van der Waals surface area contributed by atoms with Crippen LogP contribution in [0, 0.1) is 6.92 Å². The Morgan fingerprint density at radius 3 is 2.16 bits per heavy atom. The Morgan fingerprint density at radius 2 is 1.63 bits per heavy atom. The Bertz CT molecular complexity index is 570. The summed E-state index contributed by atoms with van der Waals surface area (Å²) in [6, 6.07) is 14.6. The molecular weight excluding hydrogens is 252 g/mol. The van der Waals surface area contributed by atoms with Gasteiger partial charge in [-0.2, -0.15) is 0 Å². The highest BCUT2D eigenvalue weighted by Gasteiger charge is 2.03. The summed E-state index contributed by atoms with van der Waals surface area (Å²) < 4.78 is 0. The van der Waals surface area contributed by atoms with Crippen LogP contribution in [-0.2, 0) is 0 Å². The van der Waals surface area contributed by atoms with Crippen LogP contribution in [-0.4, -0.2) is 6.29 Å². The first-order chi connectivity index (χ1) is 9.10. The molecule has 0 atom stereocenters. The third-order valence-electron chi connectivity index (χ3n) is 3.15. The molecule has 0 aliphatic carbocycles. The molecule has 2 rings (SSSR count). The van der Waals surface area contributed by atoms with E-state index in [4.69, 9.17) is 0 Å². The van der Waals surface area contributed by atoms with Crippen LogP contribution in [0.1, 0.15) is 41.3 Å². The van der Waals surface area contributed by atoms with Crippen molar-refractivity contribution in [3.8, 4) is 0 Å². The average Bonchev–Trinajstić information content (AvgIpc) is 2.39. The number of aryl methyl sites for hydroxylation is 1. The second-order valence-electron chi connectivity index (χ2n) is 4.96. The van der Waals surface area contributed by atoms with Gasteiger partial charge in [-0.15, -0.1) is 0 Å². The number of aldehydes is 1. The van der Waals surface area contributed by atoms with Gasteiger partial charge >= 0.3 is 0 Å². The molecule has 98 valence electrons. The number of carbonyl (C=O) groups is 1. The lowest BCUT2D eigenvalue weighted by atomic mass is 10.0. The fourth-order valence-electron chi connectivity index (χ4n) is 1.90. The largest absolute Gasteiger partial charge is 0.298 e. The van der Waals surface area contributed by atoms with E-state index in [0.717, 1.165) is 17.4 Å². The van der Waals surface area contributed by atoms with Gasteiger partial charge in [-0.05, 0) is 48.2 Å². The Hall–Kier alpha value is -1.54. The highest BCUT2D eigenvalue weighted by Crippen LogP contribution is 2.29. The van der Waals surface area contributed by atoms with Crippen molar-refractivity contribution in [2.45, 2.75) is 36.5 Å². The first-order valence-corrected chi connectivity index (χ1v) is 7.25. The van der Waals surface area contributed by atoms with Gasteiger partial charge in [0.2, 0.25) is 0 Å². The molecule has 0 aliphatic rings. The van der Waals surface area contributed by atoms with E-state index in [1.54, 1.807) is 11.8 Å². The zero-order chi connectivity index (χ0) is 13.8. The minimum atomic E-state index is 0.563. The van der Waals surface area contributed by atoms with Crippen LogP contribution in [0.5, 0.6) is 0 Å². The molecule has 19 heavy (non-hydrogen) atoms. The molecule has 0 radical (unpaired) electrons. The molecule has 0 aliphatic heterocycles. The van der Waals surface area contributed by atoms with E-state index in [0.29, 0.717) is 5.92 Å². The molecule has 2 heteroatoms. The highest BCUT2D eigenvalue weighted by atomic mass is 32.2. The number of carbonyl (C=O) groups excluding carboxylic acids is 1. The zero-order valence-corrected chi connectivity index (χ0v) is 12.3. The molecule has 0 heterocycles. The minimum absolute atomic E-state index is 0.563. The summed E-state index contributed by atoms with van der Waals surface area (Å²) in [5, 5.41) is 0. The molecule has 2 aromatic rings. The van der Waals surface area contributed by atoms with Crippen LogP contribution in [0.2, 0.25) is 0 Å². The monoisotopic (exact) mass is 270 g/mol. The average molecular weight is 270 g/mol. The fourth-order valence-corrected chi connectivity index (χ4v) is 2.82. The quantitative estimate of drug-likeness (QED) is 0.720. The summed E-state index contributed by atoms with van der Waals surface area (Å²) in [5.74, 6) is 0.563. The van der Waals surface area contributed by atoms with Gasteiger partial charge in [-0.25, -0.2) is 0 Å². The predicted octanol–water partition coefficient (Wildman–Crippen LogP) is 5.08. The maximum Gasteiger partial charge on any atom is 0.150 e. The maximum atomic E-state index is 10.8. The van der Waals surface area contributed by atoms with Gasteiger partial charge in [0, 0.05) is 15.4 Å². The van der Waals surface area contributed by atoms with Crippen LogP contribution in [0.3, 0.4) is 0 Å². The third-order valence-corrected chi connectivity index (χ3v) is 4.15. The molecule has 0 saturated carbocycles. The molecule has 0 saturated heterocycles. The van der Waals surface area contributed by atoms with Gasteiger partial charge in [0.05, 0.1) is 0 Å². The molecule has 0 aromatic heterocycles. The Balaban J connectivity index is 2.16. The van der Waals surface area contributed by atoms with E-state index in [9.17, 15) is 4.79 Å². The van der Waals surface area contributed by atoms with Gasteiger partial charge in [0.15, 0.2) is 0 Å². The van der Waals surface area contributed by atoms with Crippen molar-refractivity contribution in [2.75, 3.05) is 0 Å². The SMILES string of the molecule is Cc1cc(Sc2ccc(C(C)C)cc2)ccc1C=O. The summed E-state index contributed by atoms with van der Waals surface area (Å²) >= 11 is 1.73. The van der Waals surface area contributed by atoms with Crippen molar-refractivity contribution in [1.82, 2.24) is 0 Å². The number of rotatable bonds is 4. The lowest BCUT2D eigenvalue weighted by Crippen LogP contribution is -1.87. The third kappa shape index (κ3) is 3.48. The molecular formula is C17H18OS. The Morgan fingerprint density at radius 1 is 1.00 bits per heavy atom. The van der Waals surface area contributed by atoms with E-state index in [1.165, 1.54) is 15.4 Å². The van der Waals surface area contributed by atoms with Crippen LogP contribution in [0.4, 0.5) is 0 Å². The summed E-state index contributed by atoms with van der Waals surface area (Å²) in [6.07, 6.45) is 0.904. The van der Waals surface area contributed by atoms with E-state index in [-0.39, 0.29) is 0 Å². The van der Waals surface area contributed by atoms with E-state index in [2.05, 4.69) is 44.2 Å². The van der Waals surface area contributed by atoms with Crippen molar-refractivity contribution in [3.63, 3.8) is 0 Å². The minimum Gasteiger partial charge on any atom is -0.298 e. The normalized spacial score (nSPS) is 10.7. The number of hydrogen-bond acceptors (Lipinski definition) is 2. The van der Waals surface area contributed by atoms with E-state index >= 15 is 0 Å². The van der Waals surface area contributed by atoms with Crippen LogP contribution < -0.4 is 0 Å². The predicted molar refractivity (Wildman–Crippen MR) is 81.2 cm³/mol. The van der Waals surface area contributed by atoms with Crippen molar-refractivity contribution in [2.24, 2.45) is 0 Å². The molecule has 0 bridgehead atoms. The second kappa shape index (κ2) is 6.07. The highest BCUT2D eigenvalue weighted by molar-refractivity contribution is 7.99. The van der Waals surface area contributed by atoms with Gasteiger partial charge in [-0.1, -0.05) is 43.8 Å². The molecule has 1 nitrogen and oxygen atoms in total. The van der Waals surface area contributed by atoms with Crippen molar-refractivity contribution in [3.05, 3.63) is 59.2 Å². The molecule has 2 aromatic carbocycles. The van der Waals surface area contributed by atoms with Crippen molar-refractivity contribution < 1.29 is 4.79 Å². The fraction of sp³-hybridized carbons (Fsp3) is 0.235. The van der Waals surface area contributed by atoms with Crippen LogP contribution in [0.15, 0.2) is 52.3 Å².